The van der Waals surface area contributed by atoms with Crippen LogP contribution >= 0.6 is 23.2 Å². The number of hydrogen-bond acceptors (Lipinski definition) is 2. The predicted molar refractivity (Wildman–Crippen MR) is 80.0 cm³/mol. The normalized spacial score (nSPS) is 10.2. The Labute approximate surface area is 125 Å². The van der Waals surface area contributed by atoms with E-state index in [0.717, 1.165) is 0 Å². The molecule has 2 N–H and O–H groups in total. The SMILES string of the molecule is O=C(CNc1ccccc1F)Nc1ccc(Cl)cc1Cl. The molecule has 2 aromatic rings. The molecule has 0 spiro atoms. The summed E-state index contributed by atoms with van der Waals surface area (Å²) in [6, 6.07) is 10.9. The lowest BCUT2D eigenvalue weighted by atomic mass is 10.3. The van der Waals surface area contributed by atoms with Crippen LogP contribution in [0.15, 0.2) is 42.5 Å². The van der Waals surface area contributed by atoms with Gasteiger partial charge in [0.05, 0.1) is 22.9 Å². The molecule has 0 aliphatic rings. The summed E-state index contributed by atoms with van der Waals surface area (Å²) in [5.41, 5.74) is 0.723. The highest BCUT2D eigenvalue weighted by atomic mass is 35.5. The van der Waals surface area contributed by atoms with Gasteiger partial charge in [-0.15, -0.1) is 0 Å². The summed E-state index contributed by atoms with van der Waals surface area (Å²) in [6.07, 6.45) is 0. The second kappa shape index (κ2) is 6.59. The molecule has 104 valence electrons. The Morgan fingerprint density at radius 1 is 1.10 bits per heavy atom. The molecule has 0 aliphatic heterocycles. The van der Waals surface area contributed by atoms with Crippen molar-refractivity contribution < 1.29 is 9.18 Å². The first-order valence-electron chi connectivity index (χ1n) is 5.79. The first-order valence-corrected chi connectivity index (χ1v) is 6.55. The highest BCUT2D eigenvalue weighted by molar-refractivity contribution is 6.36. The molecule has 0 saturated carbocycles. The predicted octanol–water partition coefficient (Wildman–Crippen LogP) is 4.18. The first kappa shape index (κ1) is 14.6. The van der Waals surface area contributed by atoms with Crippen molar-refractivity contribution in [3.63, 3.8) is 0 Å². The number of amides is 1. The summed E-state index contributed by atoms with van der Waals surface area (Å²) in [6.45, 7) is -0.0696. The fourth-order valence-corrected chi connectivity index (χ4v) is 2.02. The van der Waals surface area contributed by atoms with Gasteiger partial charge in [0.1, 0.15) is 5.82 Å². The highest BCUT2D eigenvalue weighted by Gasteiger charge is 2.07. The van der Waals surface area contributed by atoms with Gasteiger partial charge in [-0.2, -0.15) is 0 Å². The Bertz CT molecular complexity index is 634. The summed E-state index contributed by atoms with van der Waals surface area (Å²) in [7, 11) is 0. The van der Waals surface area contributed by atoms with Gasteiger partial charge < -0.3 is 10.6 Å². The first-order chi connectivity index (χ1) is 9.56. The number of benzene rings is 2. The third-order valence-corrected chi connectivity index (χ3v) is 3.07. The molecule has 2 aromatic carbocycles. The van der Waals surface area contributed by atoms with Crippen LogP contribution in [-0.4, -0.2) is 12.5 Å². The average molecular weight is 313 g/mol. The van der Waals surface area contributed by atoms with Crippen molar-refractivity contribution in [1.82, 2.24) is 0 Å². The van der Waals surface area contributed by atoms with Crippen molar-refractivity contribution in [2.24, 2.45) is 0 Å². The van der Waals surface area contributed by atoms with Crippen LogP contribution in [-0.2, 0) is 4.79 Å². The molecule has 0 aromatic heterocycles. The van der Waals surface area contributed by atoms with E-state index >= 15 is 0 Å². The molecule has 0 saturated heterocycles. The summed E-state index contributed by atoms with van der Waals surface area (Å²) < 4.78 is 13.3. The number of nitrogens with one attached hydrogen (secondary N) is 2. The molecule has 6 heteroatoms. The Morgan fingerprint density at radius 3 is 2.55 bits per heavy atom. The Balaban J connectivity index is 1.94. The quantitative estimate of drug-likeness (QED) is 0.889. The molecular weight excluding hydrogens is 302 g/mol. The van der Waals surface area contributed by atoms with Crippen molar-refractivity contribution in [3.8, 4) is 0 Å². The number of carbonyl (C=O) groups is 1. The Morgan fingerprint density at radius 2 is 1.85 bits per heavy atom. The van der Waals surface area contributed by atoms with E-state index in [-0.39, 0.29) is 18.1 Å². The van der Waals surface area contributed by atoms with E-state index in [4.69, 9.17) is 23.2 Å². The standard InChI is InChI=1S/C14H11Cl2FN2O/c15-9-5-6-12(10(16)7-9)19-14(20)8-18-13-4-2-1-3-11(13)17/h1-7,18H,8H2,(H,19,20). The molecule has 0 fully saturated rings. The van der Waals surface area contributed by atoms with Crippen LogP contribution in [0.1, 0.15) is 0 Å². The maximum atomic E-state index is 13.3. The smallest absolute Gasteiger partial charge is 0.243 e. The minimum absolute atomic E-state index is 0.0696. The summed E-state index contributed by atoms with van der Waals surface area (Å²) in [5, 5.41) is 6.15. The largest absolute Gasteiger partial charge is 0.374 e. The van der Waals surface area contributed by atoms with Crippen molar-refractivity contribution in [1.29, 1.82) is 0 Å². The van der Waals surface area contributed by atoms with E-state index in [0.29, 0.717) is 15.7 Å². The zero-order valence-electron chi connectivity index (χ0n) is 10.3. The van der Waals surface area contributed by atoms with E-state index in [1.54, 1.807) is 30.3 Å². The highest BCUT2D eigenvalue weighted by Crippen LogP contribution is 2.25. The number of anilines is 2. The van der Waals surface area contributed by atoms with E-state index in [9.17, 15) is 9.18 Å². The lowest BCUT2D eigenvalue weighted by Crippen LogP contribution is -2.22. The van der Waals surface area contributed by atoms with Gasteiger partial charge in [0, 0.05) is 5.02 Å². The maximum absolute atomic E-state index is 13.3. The van der Waals surface area contributed by atoms with E-state index in [2.05, 4.69) is 10.6 Å². The van der Waals surface area contributed by atoms with Crippen LogP contribution < -0.4 is 10.6 Å². The van der Waals surface area contributed by atoms with Crippen molar-refractivity contribution in [2.45, 2.75) is 0 Å². The molecule has 2 rings (SSSR count). The van der Waals surface area contributed by atoms with Crippen LogP contribution in [0.2, 0.25) is 10.0 Å². The molecule has 0 heterocycles. The van der Waals surface area contributed by atoms with E-state index < -0.39 is 5.82 Å². The molecule has 0 bridgehead atoms. The second-order valence-electron chi connectivity index (χ2n) is 4.01. The molecular formula is C14H11Cl2FN2O. The van der Waals surface area contributed by atoms with Crippen LogP contribution in [0, 0.1) is 5.82 Å². The van der Waals surface area contributed by atoms with Gasteiger partial charge in [0.15, 0.2) is 0 Å². The minimum atomic E-state index is -0.412. The molecule has 0 unspecified atom stereocenters. The average Bonchev–Trinajstić information content (AvgIpc) is 2.41. The van der Waals surface area contributed by atoms with Crippen molar-refractivity contribution >= 4 is 40.5 Å². The van der Waals surface area contributed by atoms with E-state index in [1.807, 2.05) is 0 Å². The summed E-state index contributed by atoms with van der Waals surface area (Å²) in [4.78, 5) is 11.7. The lowest BCUT2D eigenvalue weighted by molar-refractivity contribution is -0.114. The van der Waals surface area contributed by atoms with Crippen LogP contribution in [0.3, 0.4) is 0 Å². The fraction of sp³-hybridized carbons (Fsp3) is 0.0714. The molecule has 0 aliphatic carbocycles. The van der Waals surface area contributed by atoms with Gasteiger partial charge in [-0.25, -0.2) is 4.39 Å². The molecule has 1 amide bonds. The Hall–Kier alpha value is -1.78. The van der Waals surface area contributed by atoms with Crippen molar-refractivity contribution in [2.75, 3.05) is 17.2 Å². The zero-order valence-corrected chi connectivity index (χ0v) is 11.8. The number of para-hydroxylation sites is 1. The Kier molecular flexibility index (Phi) is 4.82. The maximum Gasteiger partial charge on any atom is 0.243 e. The number of hydrogen-bond donors (Lipinski definition) is 2. The third kappa shape index (κ3) is 3.85. The van der Waals surface area contributed by atoms with Crippen LogP contribution in [0.25, 0.3) is 0 Å². The molecule has 0 radical (unpaired) electrons. The monoisotopic (exact) mass is 312 g/mol. The zero-order chi connectivity index (χ0) is 14.5. The van der Waals surface area contributed by atoms with Gasteiger partial charge >= 0.3 is 0 Å². The van der Waals surface area contributed by atoms with Gasteiger partial charge in [0.2, 0.25) is 5.91 Å². The van der Waals surface area contributed by atoms with Crippen LogP contribution in [0.4, 0.5) is 15.8 Å². The topological polar surface area (TPSA) is 41.1 Å². The van der Waals surface area contributed by atoms with Crippen molar-refractivity contribution in [3.05, 3.63) is 58.3 Å². The second-order valence-corrected chi connectivity index (χ2v) is 4.85. The molecule has 3 nitrogen and oxygen atoms in total. The van der Waals surface area contributed by atoms with Gasteiger partial charge in [-0.3, -0.25) is 4.79 Å². The van der Waals surface area contributed by atoms with Crippen LogP contribution in [0.5, 0.6) is 0 Å². The number of carbonyl (C=O) groups excluding carboxylic acids is 1. The minimum Gasteiger partial charge on any atom is -0.374 e. The summed E-state index contributed by atoms with van der Waals surface area (Å²) >= 11 is 11.7. The van der Waals surface area contributed by atoms with Gasteiger partial charge in [-0.1, -0.05) is 35.3 Å². The summed E-state index contributed by atoms with van der Waals surface area (Å²) in [5.74, 6) is -0.748. The third-order valence-electron chi connectivity index (χ3n) is 2.52. The number of rotatable bonds is 4. The molecule has 20 heavy (non-hydrogen) atoms. The van der Waals surface area contributed by atoms with E-state index in [1.165, 1.54) is 12.1 Å². The molecule has 0 atom stereocenters. The van der Waals surface area contributed by atoms with Gasteiger partial charge in [-0.05, 0) is 30.3 Å². The number of halogens is 3. The lowest BCUT2D eigenvalue weighted by Gasteiger charge is -2.09. The van der Waals surface area contributed by atoms with Gasteiger partial charge in [0.25, 0.3) is 0 Å². The fourth-order valence-electron chi connectivity index (χ4n) is 1.57.